The van der Waals surface area contributed by atoms with Crippen LogP contribution in [-0.2, 0) is 0 Å². The Labute approximate surface area is 127 Å². The van der Waals surface area contributed by atoms with Crippen molar-refractivity contribution < 1.29 is 5.11 Å². The van der Waals surface area contributed by atoms with E-state index in [-0.39, 0.29) is 17.1 Å². The van der Waals surface area contributed by atoms with E-state index in [0.717, 1.165) is 32.1 Å². The summed E-state index contributed by atoms with van der Waals surface area (Å²) < 4.78 is 0. The Balaban J connectivity index is 2.40. The minimum Gasteiger partial charge on any atom is -0.502 e. The Kier molecular flexibility index (Phi) is 4.67. The Morgan fingerprint density at radius 2 is 1.95 bits per heavy atom. The molecule has 0 radical (unpaired) electrons. The topological polar surface area (TPSA) is 48.4 Å². The molecule has 2 aliphatic rings. The van der Waals surface area contributed by atoms with Gasteiger partial charge in [0.15, 0.2) is 4.98 Å². The monoisotopic (exact) mass is 285 g/mol. The van der Waals surface area contributed by atoms with Crippen LogP contribution in [0.25, 0.3) is 4.98 Å². The molecule has 3 nitrogen and oxygen atoms in total. The molecule has 0 saturated heterocycles. The van der Waals surface area contributed by atoms with E-state index in [1.807, 2.05) is 0 Å². The molecule has 0 unspecified atom stereocenters. The maximum absolute atomic E-state index is 9.99. The van der Waals surface area contributed by atoms with Gasteiger partial charge in [-0.15, -0.1) is 0 Å². The van der Waals surface area contributed by atoms with Crippen molar-refractivity contribution in [3.05, 3.63) is 51.9 Å². The summed E-state index contributed by atoms with van der Waals surface area (Å²) in [6, 6.07) is 0. The average molecular weight is 285 g/mol. The van der Waals surface area contributed by atoms with Crippen LogP contribution in [0.5, 0.6) is 0 Å². The molecule has 2 atom stereocenters. The number of rotatable bonds is 0. The quantitative estimate of drug-likeness (QED) is 0.461. The molecule has 0 aromatic carbocycles. The zero-order chi connectivity index (χ0) is 15.5. The maximum atomic E-state index is 9.99. The first-order chi connectivity index (χ1) is 9.96. The third kappa shape index (κ3) is 3.44. The summed E-state index contributed by atoms with van der Waals surface area (Å²) in [5, 5.41) is 19.3. The van der Waals surface area contributed by atoms with E-state index in [9.17, 15) is 10.5 Å². The van der Waals surface area contributed by atoms with Gasteiger partial charge in [-0.2, -0.15) is 0 Å². The number of nitrogens with zero attached hydrogens (tertiary/aromatic N) is 2. The highest BCUT2D eigenvalue weighted by molar-refractivity contribution is 5.35. The molecule has 0 spiro atoms. The molecule has 0 aromatic rings. The predicted molar refractivity (Wildman–Crippen MR) is 86.1 cm³/mol. The molecule has 21 heavy (non-hydrogen) atoms. The summed E-state index contributed by atoms with van der Waals surface area (Å²) in [4.78, 5) is 3.39. The minimum absolute atomic E-state index is 0.0398. The van der Waals surface area contributed by atoms with Gasteiger partial charge in [0.25, 0.3) is 0 Å². The SMILES string of the molecule is C/C1=C\C[C@]2(C)C=CC(O)=C([N+]#N)[C@H]2CC/C(C)=C/CC1. The lowest BCUT2D eigenvalue weighted by atomic mass is 9.68. The summed E-state index contributed by atoms with van der Waals surface area (Å²) in [6.45, 7) is 6.52. The second-order valence-corrected chi connectivity index (χ2v) is 6.64. The van der Waals surface area contributed by atoms with Crippen LogP contribution in [0, 0.1) is 16.7 Å². The first-order valence-corrected chi connectivity index (χ1v) is 7.75. The first-order valence-electron chi connectivity index (χ1n) is 7.75. The van der Waals surface area contributed by atoms with Crippen molar-refractivity contribution >= 4 is 0 Å². The normalized spacial score (nSPS) is 35.6. The Morgan fingerprint density at radius 3 is 2.67 bits per heavy atom. The van der Waals surface area contributed by atoms with Gasteiger partial charge in [0, 0.05) is 5.41 Å². The van der Waals surface area contributed by atoms with E-state index in [0.29, 0.717) is 5.70 Å². The molecule has 0 aromatic heterocycles. The number of allylic oxidation sites excluding steroid dienone is 7. The molecule has 0 heterocycles. The summed E-state index contributed by atoms with van der Waals surface area (Å²) >= 11 is 0. The number of hydrogen-bond acceptors (Lipinski definition) is 2. The minimum atomic E-state index is -0.111. The van der Waals surface area contributed by atoms with E-state index in [2.05, 4.69) is 44.0 Å². The molecular weight excluding hydrogens is 260 g/mol. The zero-order valence-electron chi connectivity index (χ0n) is 13.3. The van der Waals surface area contributed by atoms with Gasteiger partial charge in [-0.3, -0.25) is 0 Å². The fourth-order valence-electron chi connectivity index (χ4n) is 3.28. The highest BCUT2D eigenvalue weighted by atomic mass is 16.3. The molecule has 112 valence electrons. The fraction of sp³-hybridized carbons (Fsp3) is 0.556. The summed E-state index contributed by atoms with van der Waals surface area (Å²) in [5.41, 5.74) is 3.09. The summed E-state index contributed by atoms with van der Waals surface area (Å²) in [7, 11) is 0. The number of aliphatic hydroxyl groups is 1. The molecule has 2 rings (SSSR count). The average Bonchev–Trinajstić information content (AvgIpc) is 2.47. The van der Waals surface area contributed by atoms with Crippen molar-refractivity contribution in [3.8, 4) is 0 Å². The van der Waals surface area contributed by atoms with Crippen molar-refractivity contribution in [1.29, 1.82) is 5.39 Å². The number of hydrogen-bond donors (Lipinski definition) is 1. The third-order valence-electron chi connectivity index (χ3n) is 4.87. The second-order valence-electron chi connectivity index (χ2n) is 6.64. The molecule has 0 saturated carbocycles. The number of fused-ring (bicyclic) bond motifs is 1. The highest BCUT2D eigenvalue weighted by Crippen LogP contribution is 2.46. The van der Waals surface area contributed by atoms with Gasteiger partial charge in [-0.25, -0.2) is 0 Å². The Hall–Kier alpha value is -1.82. The van der Waals surface area contributed by atoms with E-state index in [4.69, 9.17) is 0 Å². The van der Waals surface area contributed by atoms with Crippen molar-refractivity contribution in [2.75, 3.05) is 0 Å². The molecule has 0 bridgehead atoms. The molecule has 0 amide bonds. The van der Waals surface area contributed by atoms with Crippen LogP contribution in [0.3, 0.4) is 0 Å². The lowest BCUT2D eigenvalue weighted by molar-refractivity contribution is 0.262. The second kappa shape index (κ2) is 6.30. The Bertz CT molecular complexity index is 575. The van der Waals surface area contributed by atoms with E-state index in [1.165, 1.54) is 11.1 Å². The standard InChI is InChI=1S/C18H24N2O/c1-13-5-4-6-14(2)9-11-18(3)12-10-16(21)17(20-19)15(18)8-7-13/h5,9-10,12,15H,4,6-8,11H2,1-3H3/p+1/b13-5+,14-9+/t15-,18-/m1/s1. The lowest BCUT2D eigenvalue weighted by Gasteiger charge is -2.33. The number of diazo groups is 1. The van der Waals surface area contributed by atoms with Gasteiger partial charge in [0.05, 0.1) is 5.92 Å². The van der Waals surface area contributed by atoms with Gasteiger partial charge in [0.2, 0.25) is 11.2 Å². The Morgan fingerprint density at radius 1 is 1.24 bits per heavy atom. The van der Waals surface area contributed by atoms with Crippen LogP contribution in [0.2, 0.25) is 0 Å². The molecule has 1 N–H and O–H groups in total. The highest BCUT2D eigenvalue weighted by Gasteiger charge is 2.44. The van der Waals surface area contributed by atoms with Crippen molar-refractivity contribution in [2.24, 2.45) is 11.3 Å². The fourth-order valence-corrected chi connectivity index (χ4v) is 3.28. The first kappa shape index (κ1) is 15.6. The van der Waals surface area contributed by atoms with Crippen LogP contribution in [0.15, 0.2) is 46.9 Å². The third-order valence-corrected chi connectivity index (χ3v) is 4.87. The van der Waals surface area contributed by atoms with Crippen LogP contribution < -0.4 is 0 Å². The molecule has 3 heteroatoms. The lowest BCUT2D eigenvalue weighted by Crippen LogP contribution is -2.29. The van der Waals surface area contributed by atoms with Crippen LogP contribution in [0.4, 0.5) is 0 Å². The van der Waals surface area contributed by atoms with Crippen LogP contribution >= 0.6 is 0 Å². The number of aliphatic hydroxyl groups excluding tert-OH is 1. The molecule has 0 aliphatic heterocycles. The molecular formula is C18H25N2O+. The largest absolute Gasteiger partial charge is 0.502 e. The van der Waals surface area contributed by atoms with Gasteiger partial charge < -0.3 is 5.11 Å². The van der Waals surface area contributed by atoms with Gasteiger partial charge in [-0.1, -0.05) is 36.3 Å². The van der Waals surface area contributed by atoms with Crippen LogP contribution in [-0.4, -0.2) is 5.11 Å². The molecule has 0 fully saturated rings. The van der Waals surface area contributed by atoms with Crippen molar-refractivity contribution in [1.82, 2.24) is 0 Å². The molecule has 2 aliphatic carbocycles. The van der Waals surface area contributed by atoms with E-state index >= 15 is 0 Å². The van der Waals surface area contributed by atoms with Gasteiger partial charge >= 0.3 is 5.70 Å². The smallest absolute Gasteiger partial charge is 0.406 e. The van der Waals surface area contributed by atoms with Crippen LogP contribution in [0.1, 0.15) is 52.9 Å². The zero-order valence-corrected chi connectivity index (χ0v) is 13.3. The van der Waals surface area contributed by atoms with Gasteiger partial charge in [0.1, 0.15) is 0 Å². The van der Waals surface area contributed by atoms with E-state index in [1.54, 1.807) is 6.08 Å². The van der Waals surface area contributed by atoms with Crippen molar-refractivity contribution in [3.63, 3.8) is 0 Å². The van der Waals surface area contributed by atoms with Crippen molar-refractivity contribution in [2.45, 2.75) is 52.9 Å². The maximum Gasteiger partial charge on any atom is 0.406 e. The predicted octanol–water partition coefficient (Wildman–Crippen LogP) is 5.66. The van der Waals surface area contributed by atoms with E-state index < -0.39 is 0 Å². The summed E-state index contributed by atoms with van der Waals surface area (Å²) in [5.74, 6) is 0.134. The summed E-state index contributed by atoms with van der Waals surface area (Å²) in [6.07, 6.45) is 13.3. The van der Waals surface area contributed by atoms with Gasteiger partial charge in [-0.05, 0) is 52.0 Å².